The highest BCUT2D eigenvalue weighted by Gasteiger charge is 2.01. The first kappa shape index (κ1) is 17.4. The van der Waals surface area contributed by atoms with E-state index in [1.807, 2.05) is 25.2 Å². The molecule has 0 unspecified atom stereocenters. The van der Waals surface area contributed by atoms with Gasteiger partial charge in [0, 0.05) is 25.9 Å². The zero-order chi connectivity index (χ0) is 18.4. The zero-order valence-electron chi connectivity index (χ0n) is 14.2. The summed E-state index contributed by atoms with van der Waals surface area (Å²) >= 11 is 0. The lowest BCUT2D eigenvalue weighted by Crippen LogP contribution is -2.20. The highest BCUT2D eigenvalue weighted by Crippen LogP contribution is 2.21. The molecular weight excluding hydrogens is 333 g/mol. The van der Waals surface area contributed by atoms with Gasteiger partial charge >= 0.3 is 0 Å². The molecule has 132 valence electrons. The summed E-state index contributed by atoms with van der Waals surface area (Å²) in [4.78, 5) is 11.9. The maximum absolute atomic E-state index is 12.9. The Morgan fingerprint density at radius 1 is 1.12 bits per heavy atom. The third-order valence-corrected chi connectivity index (χ3v) is 3.70. The van der Waals surface area contributed by atoms with E-state index < -0.39 is 0 Å². The zero-order valence-corrected chi connectivity index (χ0v) is 14.2. The Morgan fingerprint density at radius 2 is 1.77 bits per heavy atom. The SMILES string of the molecule is Cn1nccc1/C=C/C(=O)NCc1ccc(Oc2ccc(F)cc2)cc1. The lowest BCUT2D eigenvalue weighted by Gasteiger charge is -2.07. The smallest absolute Gasteiger partial charge is 0.244 e. The predicted octanol–water partition coefficient (Wildman–Crippen LogP) is 3.68. The van der Waals surface area contributed by atoms with Crippen molar-refractivity contribution in [1.29, 1.82) is 0 Å². The Balaban J connectivity index is 1.51. The lowest BCUT2D eigenvalue weighted by molar-refractivity contribution is -0.116. The van der Waals surface area contributed by atoms with Crippen molar-refractivity contribution < 1.29 is 13.9 Å². The molecule has 5 nitrogen and oxygen atoms in total. The number of benzene rings is 2. The van der Waals surface area contributed by atoms with Crippen molar-refractivity contribution in [3.8, 4) is 11.5 Å². The van der Waals surface area contributed by atoms with E-state index >= 15 is 0 Å². The van der Waals surface area contributed by atoms with Crippen molar-refractivity contribution in [3.63, 3.8) is 0 Å². The van der Waals surface area contributed by atoms with Crippen molar-refractivity contribution in [2.24, 2.45) is 7.05 Å². The van der Waals surface area contributed by atoms with Gasteiger partial charge in [-0.25, -0.2) is 4.39 Å². The largest absolute Gasteiger partial charge is 0.457 e. The monoisotopic (exact) mass is 351 g/mol. The second kappa shape index (κ2) is 8.11. The number of carbonyl (C=O) groups is 1. The number of halogens is 1. The van der Waals surface area contributed by atoms with Gasteiger partial charge in [0.2, 0.25) is 5.91 Å². The van der Waals surface area contributed by atoms with Crippen molar-refractivity contribution in [1.82, 2.24) is 15.1 Å². The molecule has 0 atom stereocenters. The van der Waals surface area contributed by atoms with Crippen molar-refractivity contribution in [3.05, 3.63) is 83.9 Å². The summed E-state index contributed by atoms with van der Waals surface area (Å²) in [5.41, 5.74) is 1.79. The number of aryl methyl sites for hydroxylation is 1. The van der Waals surface area contributed by atoms with Crippen LogP contribution in [0.25, 0.3) is 6.08 Å². The van der Waals surface area contributed by atoms with Gasteiger partial charge in [0.25, 0.3) is 0 Å². The normalized spacial score (nSPS) is 10.8. The summed E-state index contributed by atoms with van der Waals surface area (Å²) in [6.07, 6.45) is 4.86. The molecule has 0 saturated carbocycles. The number of nitrogens with one attached hydrogen (secondary N) is 1. The minimum atomic E-state index is -0.305. The molecule has 1 amide bonds. The lowest BCUT2D eigenvalue weighted by atomic mass is 10.2. The van der Waals surface area contributed by atoms with Crippen LogP contribution >= 0.6 is 0 Å². The molecular formula is C20H18FN3O2. The topological polar surface area (TPSA) is 56.2 Å². The predicted molar refractivity (Wildman–Crippen MR) is 97.0 cm³/mol. The number of carbonyl (C=O) groups excluding carboxylic acids is 1. The first-order chi connectivity index (χ1) is 12.6. The molecule has 3 aromatic rings. The molecule has 0 fully saturated rings. The van der Waals surface area contributed by atoms with Gasteiger partial charge in [-0.1, -0.05) is 12.1 Å². The van der Waals surface area contributed by atoms with Gasteiger partial charge in [0.15, 0.2) is 0 Å². The van der Waals surface area contributed by atoms with Crippen LogP contribution < -0.4 is 10.1 Å². The summed E-state index contributed by atoms with van der Waals surface area (Å²) in [5, 5.41) is 6.85. The fourth-order valence-corrected chi connectivity index (χ4v) is 2.27. The van der Waals surface area contributed by atoms with Crippen molar-refractivity contribution >= 4 is 12.0 Å². The first-order valence-electron chi connectivity index (χ1n) is 8.06. The van der Waals surface area contributed by atoms with Gasteiger partial charge in [0.1, 0.15) is 17.3 Å². The second-order valence-corrected chi connectivity index (χ2v) is 5.63. The Hall–Kier alpha value is -3.41. The van der Waals surface area contributed by atoms with Crippen LogP contribution in [0.3, 0.4) is 0 Å². The van der Waals surface area contributed by atoms with Crippen LogP contribution in [-0.2, 0) is 18.4 Å². The van der Waals surface area contributed by atoms with Crippen LogP contribution in [0.4, 0.5) is 4.39 Å². The third kappa shape index (κ3) is 4.80. The van der Waals surface area contributed by atoms with Crippen molar-refractivity contribution in [2.45, 2.75) is 6.54 Å². The number of rotatable bonds is 6. The third-order valence-electron chi connectivity index (χ3n) is 3.70. The minimum absolute atomic E-state index is 0.183. The van der Waals surface area contributed by atoms with Gasteiger partial charge in [-0.05, 0) is 54.1 Å². The molecule has 6 heteroatoms. The van der Waals surface area contributed by atoms with E-state index in [2.05, 4.69) is 10.4 Å². The van der Waals surface area contributed by atoms with Crippen molar-refractivity contribution in [2.75, 3.05) is 0 Å². The van der Waals surface area contributed by atoms with Crippen LogP contribution in [0, 0.1) is 5.82 Å². The average molecular weight is 351 g/mol. The molecule has 2 aromatic carbocycles. The standard InChI is InChI=1S/C20H18FN3O2/c1-24-17(12-13-23-24)6-11-20(25)22-14-15-2-7-18(8-3-15)26-19-9-4-16(21)5-10-19/h2-13H,14H2,1H3,(H,22,25)/b11-6+. The Morgan fingerprint density at radius 3 is 2.38 bits per heavy atom. The molecule has 3 rings (SSSR count). The maximum atomic E-state index is 12.9. The Bertz CT molecular complexity index is 900. The van der Waals surface area contributed by atoms with Crippen LogP contribution in [0.15, 0.2) is 66.9 Å². The van der Waals surface area contributed by atoms with E-state index in [0.29, 0.717) is 18.0 Å². The molecule has 0 aliphatic carbocycles. The van der Waals surface area contributed by atoms with Crippen LogP contribution in [-0.4, -0.2) is 15.7 Å². The fourth-order valence-electron chi connectivity index (χ4n) is 2.27. The van der Waals surface area contributed by atoms with Gasteiger partial charge < -0.3 is 10.1 Å². The summed E-state index contributed by atoms with van der Waals surface area (Å²) in [6.45, 7) is 0.408. The molecule has 1 N–H and O–H groups in total. The van der Waals surface area contributed by atoms with Crippen LogP contribution in [0.2, 0.25) is 0 Å². The summed E-state index contributed by atoms with van der Waals surface area (Å²) in [6, 6.07) is 15.0. The number of ether oxygens (including phenoxy) is 1. The van der Waals surface area contributed by atoms with E-state index in [0.717, 1.165) is 11.3 Å². The molecule has 0 radical (unpaired) electrons. The fraction of sp³-hybridized carbons (Fsp3) is 0.100. The molecule has 0 saturated heterocycles. The van der Waals surface area contributed by atoms with Crippen LogP contribution in [0.1, 0.15) is 11.3 Å². The van der Waals surface area contributed by atoms with Gasteiger partial charge in [-0.3, -0.25) is 9.48 Å². The Labute approximate surface area is 150 Å². The molecule has 0 bridgehead atoms. The highest BCUT2D eigenvalue weighted by atomic mass is 19.1. The van der Waals surface area contributed by atoms with E-state index in [9.17, 15) is 9.18 Å². The van der Waals surface area contributed by atoms with Gasteiger partial charge in [-0.2, -0.15) is 5.10 Å². The molecule has 1 heterocycles. The summed E-state index contributed by atoms with van der Waals surface area (Å²) in [7, 11) is 1.81. The van der Waals surface area contributed by atoms with Gasteiger partial charge in [0.05, 0.1) is 5.69 Å². The van der Waals surface area contributed by atoms with Crippen LogP contribution in [0.5, 0.6) is 11.5 Å². The second-order valence-electron chi connectivity index (χ2n) is 5.63. The Kier molecular flexibility index (Phi) is 5.43. The van der Waals surface area contributed by atoms with Gasteiger partial charge in [-0.15, -0.1) is 0 Å². The number of aromatic nitrogens is 2. The summed E-state index contributed by atoms with van der Waals surface area (Å²) in [5.74, 6) is 0.717. The first-order valence-corrected chi connectivity index (χ1v) is 8.06. The molecule has 0 spiro atoms. The van der Waals surface area contributed by atoms with E-state index in [1.54, 1.807) is 41.2 Å². The maximum Gasteiger partial charge on any atom is 0.244 e. The van der Waals surface area contributed by atoms with E-state index in [-0.39, 0.29) is 11.7 Å². The molecule has 26 heavy (non-hydrogen) atoms. The number of amides is 1. The number of hydrogen-bond acceptors (Lipinski definition) is 3. The number of nitrogens with zero attached hydrogens (tertiary/aromatic N) is 2. The van der Waals surface area contributed by atoms with E-state index in [4.69, 9.17) is 4.74 Å². The summed E-state index contributed by atoms with van der Waals surface area (Å²) < 4.78 is 20.2. The van der Waals surface area contributed by atoms with E-state index in [1.165, 1.54) is 18.2 Å². The minimum Gasteiger partial charge on any atom is -0.457 e. The molecule has 0 aliphatic rings. The molecule has 1 aromatic heterocycles. The average Bonchev–Trinajstić information content (AvgIpc) is 3.06. The number of hydrogen-bond donors (Lipinski definition) is 1. The highest BCUT2D eigenvalue weighted by molar-refractivity contribution is 5.91. The quantitative estimate of drug-likeness (QED) is 0.689. The molecule has 0 aliphatic heterocycles.